The summed E-state index contributed by atoms with van der Waals surface area (Å²) in [6, 6.07) is 5.91. The van der Waals surface area contributed by atoms with E-state index < -0.39 is 10.2 Å². The summed E-state index contributed by atoms with van der Waals surface area (Å²) in [6.45, 7) is 0.777. The smallest absolute Gasteiger partial charge is 0.281 e. The van der Waals surface area contributed by atoms with Crippen molar-refractivity contribution in [2.75, 3.05) is 27.2 Å². The van der Waals surface area contributed by atoms with E-state index in [-0.39, 0.29) is 11.9 Å². The molecule has 1 aromatic carbocycles. The summed E-state index contributed by atoms with van der Waals surface area (Å²) in [7, 11) is -0.147. The van der Waals surface area contributed by atoms with Gasteiger partial charge in [0.05, 0.1) is 6.61 Å². The first kappa shape index (κ1) is 19.1. The summed E-state index contributed by atoms with van der Waals surface area (Å²) in [6.07, 6.45) is 5.85. The Labute approximate surface area is 144 Å². The molecule has 0 N–H and O–H groups in total. The third kappa shape index (κ3) is 5.16. The van der Waals surface area contributed by atoms with Gasteiger partial charge < -0.3 is 4.74 Å². The molecule has 2 rings (SSSR count). The van der Waals surface area contributed by atoms with Crippen molar-refractivity contribution in [3.8, 4) is 5.75 Å². The monoisotopic (exact) mass is 358 g/mol. The van der Waals surface area contributed by atoms with Gasteiger partial charge in [0, 0.05) is 26.7 Å². The largest absolute Gasteiger partial charge is 0.494 e. The zero-order chi connectivity index (χ0) is 17.6. The van der Waals surface area contributed by atoms with Crippen molar-refractivity contribution in [3.05, 3.63) is 30.1 Å². The van der Waals surface area contributed by atoms with E-state index in [0.717, 1.165) is 25.7 Å². The molecule has 0 amide bonds. The molecule has 1 aliphatic rings. The van der Waals surface area contributed by atoms with E-state index in [1.165, 1.54) is 27.2 Å². The number of hydrogen-bond donors (Lipinski definition) is 0. The Bertz CT molecular complexity index is 601. The molecule has 1 fully saturated rings. The molecule has 0 unspecified atom stereocenters. The minimum absolute atomic E-state index is 0.113. The Morgan fingerprint density at radius 1 is 1.12 bits per heavy atom. The number of halogens is 1. The first-order chi connectivity index (χ1) is 11.4. The van der Waals surface area contributed by atoms with Crippen LogP contribution in [0.1, 0.15) is 38.5 Å². The lowest BCUT2D eigenvalue weighted by Gasteiger charge is -2.33. The van der Waals surface area contributed by atoms with E-state index in [2.05, 4.69) is 0 Å². The predicted octanol–water partition coefficient (Wildman–Crippen LogP) is 3.04. The summed E-state index contributed by atoms with van der Waals surface area (Å²) in [5, 5.41) is 0. The van der Waals surface area contributed by atoms with E-state index in [1.54, 1.807) is 26.2 Å². The molecule has 0 atom stereocenters. The third-order valence-corrected chi connectivity index (χ3v) is 6.54. The average Bonchev–Trinajstić information content (AvgIpc) is 2.60. The number of ether oxygens (including phenoxy) is 1. The van der Waals surface area contributed by atoms with Crippen LogP contribution < -0.4 is 4.74 Å². The molecule has 0 saturated heterocycles. The number of rotatable bonds is 8. The minimum Gasteiger partial charge on any atom is -0.494 e. The number of hydrogen-bond acceptors (Lipinski definition) is 3. The van der Waals surface area contributed by atoms with Crippen molar-refractivity contribution < 1.29 is 17.5 Å². The summed E-state index contributed by atoms with van der Waals surface area (Å²) in [4.78, 5) is 0. The topological polar surface area (TPSA) is 49.9 Å². The first-order valence-corrected chi connectivity index (χ1v) is 9.88. The summed E-state index contributed by atoms with van der Waals surface area (Å²) in [5.41, 5.74) is 0. The molecule has 5 nitrogen and oxygen atoms in total. The molecule has 0 heterocycles. The first-order valence-electron chi connectivity index (χ1n) is 8.49. The lowest BCUT2D eigenvalue weighted by molar-refractivity contribution is 0.260. The highest BCUT2D eigenvalue weighted by Gasteiger charge is 2.30. The molecule has 1 saturated carbocycles. The standard InChI is InChI=1S/C17H27FN2O3S/c1-19(13-6-14-23-17-11-9-15(18)10-12-17)24(21,22)20(2)16-7-4-3-5-8-16/h9-12,16H,3-8,13-14H2,1-2H3. The van der Waals surface area contributed by atoms with Crippen LogP contribution in [0.3, 0.4) is 0 Å². The van der Waals surface area contributed by atoms with Crippen LogP contribution in [-0.4, -0.2) is 50.3 Å². The fourth-order valence-corrected chi connectivity index (χ4v) is 4.36. The van der Waals surface area contributed by atoms with E-state index in [4.69, 9.17) is 4.74 Å². The molecule has 24 heavy (non-hydrogen) atoms. The molecule has 1 aromatic rings. The van der Waals surface area contributed by atoms with Gasteiger partial charge in [0.2, 0.25) is 0 Å². The van der Waals surface area contributed by atoms with Crippen LogP contribution in [0.25, 0.3) is 0 Å². The van der Waals surface area contributed by atoms with Crippen LogP contribution in [-0.2, 0) is 10.2 Å². The molecule has 0 aliphatic heterocycles. The highest BCUT2D eigenvalue weighted by molar-refractivity contribution is 7.86. The molecule has 0 radical (unpaired) electrons. The zero-order valence-corrected chi connectivity index (χ0v) is 15.3. The summed E-state index contributed by atoms with van der Waals surface area (Å²) >= 11 is 0. The quantitative estimate of drug-likeness (QED) is 0.671. The molecular formula is C17H27FN2O3S. The highest BCUT2D eigenvalue weighted by atomic mass is 32.2. The van der Waals surface area contributed by atoms with Gasteiger partial charge in [-0.15, -0.1) is 0 Å². The minimum atomic E-state index is -3.43. The van der Waals surface area contributed by atoms with Crippen LogP contribution in [0.5, 0.6) is 5.75 Å². The summed E-state index contributed by atoms with van der Waals surface area (Å²) in [5.74, 6) is 0.278. The fourth-order valence-electron chi connectivity index (χ4n) is 2.98. The van der Waals surface area contributed by atoms with Crippen molar-refractivity contribution in [1.82, 2.24) is 8.61 Å². The van der Waals surface area contributed by atoms with Gasteiger partial charge >= 0.3 is 0 Å². The van der Waals surface area contributed by atoms with Gasteiger partial charge in [-0.25, -0.2) is 4.39 Å². The molecule has 136 valence electrons. The second kappa shape index (κ2) is 8.78. The molecule has 0 bridgehead atoms. The average molecular weight is 358 g/mol. The van der Waals surface area contributed by atoms with E-state index >= 15 is 0 Å². The van der Waals surface area contributed by atoms with Crippen LogP contribution in [0.15, 0.2) is 24.3 Å². The van der Waals surface area contributed by atoms with Crippen LogP contribution in [0.4, 0.5) is 4.39 Å². The van der Waals surface area contributed by atoms with E-state index in [9.17, 15) is 12.8 Å². The van der Waals surface area contributed by atoms with Crippen molar-refractivity contribution in [3.63, 3.8) is 0 Å². The van der Waals surface area contributed by atoms with E-state index in [1.807, 2.05) is 0 Å². The second-order valence-corrected chi connectivity index (χ2v) is 8.39. The maximum Gasteiger partial charge on any atom is 0.281 e. The van der Waals surface area contributed by atoms with Gasteiger partial charge in [-0.3, -0.25) is 0 Å². The predicted molar refractivity (Wildman–Crippen MR) is 92.7 cm³/mol. The van der Waals surface area contributed by atoms with Crippen molar-refractivity contribution in [2.45, 2.75) is 44.6 Å². The lowest BCUT2D eigenvalue weighted by atomic mass is 9.96. The Kier molecular flexibility index (Phi) is 7.01. The van der Waals surface area contributed by atoms with Gasteiger partial charge in [-0.05, 0) is 43.5 Å². The van der Waals surface area contributed by atoms with Gasteiger partial charge in [0.1, 0.15) is 11.6 Å². The second-order valence-electron chi connectivity index (χ2n) is 6.29. The molecular weight excluding hydrogens is 331 g/mol. The molecule has 0 aromatic heterocycles. The van der Waals surface area contributed by atoms with Gasteiger partial charge in [-0.2, -0.15) is 17.0 Å². The SMILES string of the molecule is CN(CCCOc1ccc(F)cc1)S(=O)(=O)N(C)C1CCCCC1. The summed E-state index contributed by atoms with van der Waals surface area (Å²) < 4.78 is 46.4. The van der Waals surface area contributed by atoms with Gasteiger partial charge in [-0.1, -0.05) is 19.3 Å². The Balaban J connectivity index is 1.77. The third-order valence-electron chi connectivity index (χ3n) is 4.55. The van der Waals surface area contributed by atoms with Crippen molar-refractivity contribution in [1.29, 1.82) is 0 Å². The maximum absolute atomic E-state index is 12.8. The lowest BCUT2D eigenvalue weighted by Crippen LogP contribution is -2.46. The molecule has 1 aliphatic carbocycles. The van der Waals surface area contributed by atoms with E-state index in [0.29, 0.717) is 25.3 Å². The van der Waals surface area contributed by atoms with Crippen molar-refractivity contribution >= 4 is 10.2 Å². The normalized spacial score (nSPS) is 16.7. The number of benzene rings is 1. The molecule has 7 heteroatoms. The Hall–Kier alpha value is -1.18. The number of nitrogens with zero attached hydrogens (tertiary/aromatic N) is 2. The van der Waals surface area contributed by atoms with Crippen LogP contribution >= 0.6 is 0 Å². The fraction of sp³-hybridized carbons (Fsp3) is 0.647. The van der Waals surface area contributed by atoms with Crippen LogP contribution in [0.2, 0.25) is 0 Å². The Morgan fingerprint density at radius 2 is 1.75 bits per heavy atom. The molecule has 0 spiro atoms. The van der Waals surface area contributed by atoms with Gasteiger partial charge in [0.15, 0.2) is 0 Å². The van der Waals surface area contributed by atoms with Crippen LogP contribution in [0, 0.1) is 5.82 Å². The highest BCUT2D eigenvalue weighted by Crippen LogP contribution is 2.24. The van der Waals surface area contributed by atoms with Gasteiger partial charge in [0.25, 0.3) is 10.2 Å². The maximum atomic E-state index is 12.8. The van der Waals surface area contributed by atoms with Crippen molar-refractivity contribution in [2.24, 2.45) is 0 Å². The Morgan fingerprint density at radius 3 is 2.38 bits per heavy atom. The zero-order valence-electron chi connectivity index (χ0n) is 14.4.